The molecule has 0 heterocycles. The average Bonchev–Trinajstić information content (AvgIpc) is 2.83. The van der Waals surface area contributed by atoms with Gasteiger partial charge in [0.05, 0.1) is 15.8 Å². The number of hydrogen-bond acceptors (Lipinski definition) is 3. The van der Waals surface area contributed by atoms with Crippen molar-refractivity contribution in [3.05, 3.63) is 68.1 Å². The zero-order valence-corrected chi connectivity index (χ0v) is 23.3. The topological polar surface area (TPSA) is 49.4 Å². The fourth-order valence-electron chi connectivity index (χ4n) is 4.22. The van der Waals surface area contributed by atoms with Gasteiger partial charge in [0.15, 0.2) is 0 Å². The van der Waals surface area contributed by atoms with E-state index in [9.17, 15) is 9.59 Å². The Kier molecular flexibility index (Phi) is 11.1. The molecule has 1 aliphatic carbocycles. The summed E-state index contributed by atoms with van der Waals surface area (Å²) in [6, 6.07) is 13.1. The van der Waals surface area contributed by atoms with E-state index >= 15 is 0 Å². The molecule has 1 N–H and O–H groups in total. The molecule has 4 nitrogen and oxygen atoms in total. The van der Waals surface area contributed by atoms with Crippen LogP contribution in [0.15, 0.2) is 46.9 Å². The summed E-state index contributed by atoms with van der Waals surface area (Å²) in [6.07, 6.45) is 6.06. The molecule has 2 amide bonds. The van der Waals surface area contributed by atoms with E-state index < -0.39 is 6.04 Å². The first-order valence-corrected chi connectivity index (χ1v) is 14.4. The Morgan fingerprint density at radius 3 is 2.38 bits per heavy atom. The summed E-state index contributed by atoms with van der Waals surface area (Å²) in [7, 11) is 0. The van der Waals surface area contributed by atoms with Gasteiger partial charge >= 0.3 is 0 Å². The van der Waals surface area contributed by atoms with E-state index in [2.05, 4.69) is 21.2 Å². The molecule has 0 saturated heterocycles. The summed E-state index contributed by atoms with van der Waals surface area (Å²) in [4.78, 5) is 28.4. The Labute approximate surface area is 225 Å². The molecule has 1 aliphatic rings. The first kappa shape index (κ1) is 27.4. The van der Waals surface area contributed by atoms with E-state index in [0.29, 0.717) is 28.8 Å². The predicted octanol–water partition coefficient (Wildman–Crippen LogP) is 7.25. The minimum absolute atomic E-state index is 0.0566. The van der Waals surface area contributed by atoms with Crippen LogP contribution in [0.3, 0.4) is 0 Å². The monoisotopic (exact) mass is 584 g/mol. The summed E-state index contributed by atoms with van der Waals surface area (Å²) < 4.78 is 1.03. The highest BCUT2D eigenvalue weighted by Gasteiger charge is 2.30. The van der Waals surface area contributed by atoms with Crippen LogP contribution in [0.25, 0.3) is 0 Å². The number of nitrogens with zero attached hydrogens (tertiary/aromatic N) is 1. The van der Waals surface area contributed by atoms with E-state index in [1.807, 2.05) is 37.3 Å². The van der Waals surface area contributed by atoms with Crippen molar-refractivity contribution < 1.29 is 9.59 Å². The Balaban J connectivity index is 1.71. The lowest BCUT2D eigenvalue weighted by molar-refractivity contribution is -0.139. The second-order valence-corrected chi connectivity index (χ2v) is 11.4. The SMILES string of the molecule is CC[C@@H](C(=O)NC1CCCCC1)N(Cc1ccc(Cl)c(Cl)c1)C(=O)CSCc1ccc(Br)cc1. The predicted molar refractivity (Wildman–Crippen MR) is 146 cm³/mol. The van der Waals surface area contributed by atoms with Gasteiger partial charge in [0.2, 0.25) is 11.8 Å². The van der Waals surface area contributed by atoms with Crippen molar-refractivity contribution in [2.24, 2.45) is 0 Å². The van der Waals surface area contributed by atoms with Gasteiger partial charge in [0.25, 0.3) is 0 Å². The first-order valence-electron chi connectivity index (χ1n) is 11.7. The Bertz CT molecular complexity index is 968. The molecule has 184 valence electrons. The summed E-state index contributed by atoms with van der Waals surface area (Å²) in [5.74, 6) is 0.898. The highest BCUT2D eigenvalue weighted by Crippen LogP contribution is 2.25. The fraction of sp³-hybridized carbons (Fsp3) is 0.462. The standard InChI is InChI=1S/C26H31BrCl2N2O2S/c1-2-24(26(33)30-21-6-4-3-5-7-21)31(15-19-10-13-22(28)23(29)14-19)25(32)17-34-16-18-8-11-20(27)12-9-18/h8-14,21,24H,2-7,15-17H2,1H3,(H,30,33)/t24-/m0/s1. The maximum atomic E-state index is 13.4. The highest BCUT2D eigenvalue weighted by molar-refractivity contribution is 9.10. The molecule has 3 rings (SSSR count). The molecule has 1 atom stereocenters. The molecule has 0 spiro atoms. The number of amides is 2. The highest BCUT2D eigenvalue weighted by atomic mass is 79.9. The van der Waals surface area contributed by atoms with Gasteiger partial charge in [-0.2, -0.15) is 0 Å². The van der Waals surface area contributed by atoms with Gasteiger partial charge in [-0.05, 0) is 54.7 Å². The lowest BCUT2D eigenvalue weighted by Crippen LogP contribution is -2.52. The van der Waals surface area contributed by atoms with Crippen LogP contribution in [-0.2, 0) is 21.9 Å². The maximum Gasteiger partial charge on any atom is 0.243 e. The normalized spacial score (nSPS) is 15.1. The van der Waals surface area contributed by atoms with Gasteiger partial charge in [0, 0.05) is 22.8 Å². The number of benzene rings is 2. The maximum absolute atomic E-state index is 13.4. The van der Waals surface area contributed by atoms with E-state index in [1.54, 1.807) is 28.8 Å². The van der Waals surface area contributed by atoms with E-state index in [0.717, 1.165) is 47.0 Å². The zero-order chi connectivity index (χ0) is 24.5. The third-order valence-electron chi connectivity index (χ3n) is 6.08. The molecule has 2 aromatic carbocycles. The Hall–Kier alpha value is -1.21. The van der Waals surface area contributed by atoms with Gasteiger partial charge in [-0.25, -0.2) is 0 Å². The zero-order valence-electron chi connectivity index (χ0n) is 19.4. The van der Waals surface area contributed by atoms with Gasteiger partial charge in [-0.1, -0.05) is 83.5 Å². The molecule has 0 aromatic heterocycles. The molecule has 1 fully saturated rings. The van der Waals surface area contributed by atoms with Gasteiger partial charge in [-0.3, -0.25) is 9.59 Å². The molecule has 8 heteroatoms. The van der Waals surface area contributed by atoms with Crippen molar-refractivity contribution in [3.8, 4) is 0 Å². The van der Waals surface area contributed by atoms with Crippen LogP contribution >= 0.6 is 50.9 Å². The van der Waals surface area contributed by atoms with Crippen LogP contribution in [0.1, 0.15) is 56.6 Å². The third-order valence-corrected chi connectivity index (χ3v) is 8.34. The molecule has 0 unspecified atom stereocenters. The van der Waals surface area contributed by atoms with E-state index in [4.69, 9.17) is 23.2 Å². The largest absolute Gasteiger partial charge is 0.352 e. The van der Waals surface area contributed by atoms with Gasteiger partial charge in [-0.15, -0.1) is 11.8 Å². The number of rotatable bonds is 10. The van der Waals surface area contributed by atoms with Gasteiger partial charge in [0.1, 0.15) is 6.04 Å². The van der Waals surface area contributed by atoms with Crippen LogP contribution in [0.2, 0.25) is 10.0 Å². The van der Waals surface area contributed by atoms with Crippen LogP contribution in [0.4, 0.5) is 0 Å². The first-order chi connectivity index (χ1) is 16.4. The summed E-state index contributed by atoms with van der Waals surface area (Å²) >= 11 is 17.3. The summed E-state index contributed by atoms with van der Waals surface area (Å²) in [5.41, 5.74) is 2.00. The van der Waals surface area contributed by atoms with Crippen LogP contribution in [-0.4, -0.2) is 34.6 Å². The number of nitrogens with one attached hydrogen (secondary N) is 1. The van der Waals surface area contributed by atoms with Crippen molar-refractivity contribution in [2.75, 3.05) is 5.75 Å². The second kappa shape index (κ2) is 13.8. The lowest BCUT2D eigenvalue weighted by Gasteiger charge is -2.33. The molecule has 2 aromatic rings. The van der Waals surface area contributed by atoms with Crippen LogP contribution in [0, 0.1) is 0 Å². The summed E-state index contributed by atoms with van der Waals surface area (Å²) in [5, 5.41) is 4.12. The number of carbonyl (C=O) groups excluding carboxylic acids is 2. The number of thioether (sulfide) groups is 1. The molecule has 0 aliphatic heterocycles. The van der Waals surface area contributed by atoms with Gasteiger partial charge < -0.3 is 10.2 Å². The fourth-order valence-corrected chi connectivity index (χ4v) is 5.67. The number of hydrogen-bond donors (Lipinski definition) is 1. The number of carbonyl (C=O) groups is 2. The molecular formula is C26H31BrCl2N2O2S. The summed E-state index contributed by atoms with van der Waals surface area (Å²) in [6.45, 7) is 2.26. The smallest absolute Gasteiger partial charge is 0.243 e. The van der Waals surface area contributed by atoms with Crippen molar-refractivity contribution in [3.63, 3.8) is 0 Å². The molecule has 34 heavy (non-hydrogen) atoms. The van der Waals surface area contributed by atoms with Crippen molar-refractivity contribution in [1.82, 2.24) is 10.2 Å². The Morgan fingerprint density at radius 1 is 1.06 bits per heavy atom. The molecule has 0 bridgehead atoms. The van der Waals surface area contributed by atoms with Crippen molar-refractivity contribution in [2.45, 2.75) is 69.8 Å². The molecule has 1 saturated carbocycles. The Morgan fingerprint density at radius 2 is 1.74 bits per heavy atom. The van der Waals surface area contributed by atoms with E-state index in [-0.39, 0.29) is 17.9 Å². The third kappa shape index (κ3) is 8.18. The van der Waals surface area contributed by atoms with Crippen molar-refractivity contribution >= 4 is 62.7 Å². The van der Waals surface area contributed by atoms with Crippen LogP contribution in [0.5, 0.6) is 0 Å². The van der Waals surface area contributed by atoms with Crippen molar-refractivity contribution in [1.29, 1.82) is 0 Å². The molecular weight excluding hydrogens is 555 g/mol. The van der Waals surface area contributed by atoms with Crippen LogP contribution < -0.4 is 5.32 Å². The minimum Gasteiger partial charge on any atom is -0.352 e. The quantitative estimate of drug-likeness (QED) is 0.319. The average molecular weight is 586 g/mol. The number of halogens is 3. The second-order valence-electron chi connectivity index (χ2n) is 8.66. The molecule has 0 radical (unpaired) electrons. The van der Waals surface area contributed by atoms with E-state index in [1.165, 1.54) is 6.42 Å². The minimum atomic E-state index is -0.530. The lowest BCUT2D eigenvalue weighted by atomic mass is 9.95.